The molecule has 1 unspecified atom stereocenters. The molecule has 1 rings (SSSR count). The van der Waals surface area contributed by atoms with Gasteiger partial charge in [0.1, 0.15) is 0 Å². The second kappa shape index (κ2) is 4.41. The molecule has 15 heavy (non-hydrogen) atoms. The van der Waals surface area contributed by atoms with Crippen molar-refractivity contribution in [2.45, 2.75) is 13.0 Å². The maximum absolute atomic E-state index is 10.7. The van der Waals surface area contributed by atoms with E-state index in [2.05, 4.69) is 4.98 Å². The van der Waals surface area contributed by atoms with Crippen molar-refractivity contribution in [1.29, 1.82) is 0 Å². The van der Waals surface area contributed by atoms with Crippen molar-refractivity contribution in [1.82, 2.24) is 4.98 Å². The standard InChI is InChI=1S/C9H10N2O4/c1-5(8(10)12)15-6-3-2-4-11-7(6)9(13)14/h2-5H,1H3,(H2,10,12)(H,13,14). The van der Waals surface area contributed by atoms with Crippen molar-refractivity contribution in [2.75, 3.05) is 0 Å². The van der Waals surface area contributed by atoms with Crippen molar-refractivity contribution in [3.05, 3.63) is 24.0 Å². The highest BCUT2D eigenvalue weighted by Gasteiger charge is 2.17. The van der Waals surface area contributed by atoms with Gasteiger partial charge in [-0.05, 0) is 19.1 Å². The van der Waals surface area contributed by atoms with E-state index in [1.165, 1.54) is 25.3 Å². The predicted octanol–water partition coefficient (Wildman–Crippen LogP) is 0.0324. The normalized spacial score (nSPS) is 11.8. The molecule has 0 saturated heterocycles. The highest BCUT2D eigenvalue weighted by molar-refractivity contribution is 5.88. The number of carboxylic acids is 1. The molecule has 0 spiro atoms. The summed E-state index contributed by atoms with van der Waals surface area (Å²) in [5.41, 5.74) is 4.73. The van der Waals surface area contributed by atoms with Gasteiger partial charge in [0, 0.05) is 6.20 Å². The van der Waals surface area contributed by atoms with Crippen molar-refractivity contribution < 1.29 is 19.4 Å². The third-order valence-electron chi connectivity index (χ3n) is 1.68. The lowest BCUT2D eigenvalue weighted by molar-refractivity contribution is -0.124. The number of hydrogen-bond donors (Lipinski definition) is 2. The summed E-state index contributed by atoms with van der Waals surface area (Å²) in [6, 6.07) is 2.92. The Morgan fingerprint density at radius 3 is 2.80 bits per heavy atom. The third-order valence-corrected chi connectivity index (χ3v) is 1.68. The van der Waals surface area contributed by atoms with Gasteiger partial charge >= 0.3 is 5.97 Å². The van der Waals surface area contributed by atoms with Crippen molar-refractivity contribution in [3.63, 3.8) is 0 Å². The van der Waals surface area contributed by atoms with Gasteiger partial charge in [0.15, 0.2) is 17.5 Å². The zero-order chi connectivity index (χ0) is 11.4. The lowest BCUT2D eigenvalue weighted by Crippen LogP contribution is -2.31. The number of aromatic nitrogens is 1. The summed E-state index contributed by atoms with van der Waals surface area (Å²) in [5, 5.41) is 8.76. The monoisotopic (exact) mass is 210 g/mol. The highest BCUT2D eigenvalue weighted by Crippen LogP contribution is 2.16. The fraction of sp³-hybridized carbons (Fsp3) is 0.222. The molecule has 0 radical (unpaired) electrons. The van der Waals surface area contributed by atoms with Gasteiger partial charge in [-0.15, -0.1) is 0 Å². The van der Waals surface area contributed by atoms with Crippen molar-refractivity contribution >= 4 is 11.9 Å². The Morgan fingerprint density at radius 2 is 2.27 bits per heavy atom. The molecule has 6 heteroatoms. The minimum absolute atomic E-state index is 0.0244. The van der Waals surface area contributed by atoms with Crippen LogP contribution in [0.25, 0.3) is 0 Å². The van der Waals surface area contributed by atoms with Gasteiger partial charge in [0.2, 0.25) is 0 Å². The topological polar surface area (TPSA) is 103 Å². The summed E-state index contributed by atoms with van der Waals surface area (Å²) in [7, 11) is 0. The van der Waals surface area contributed by atoms with Crippen LogP contribution in [0.15, 0.2) is 18.3 Å². The number of ether oxygens (including phenoxy) is 1. The van der Waals surface area contributed by atoms with Crippen LogP contribution in [0.2, 0.25) is 0 Å². The molecule has 0 aliphatic heterocycles. The average molecular weight is 210 g/mol. The quantitative estimate of drug-likeness (QED) is 0.729. The van der Waals surface area contributed by atoms with Crippen LogP contribution in [0.3, 0.4) is 0 Å². The molecular weight excluding hydrogens is 200 g/mol. The number of rotatable bonds is 4. The number of nitrogens with two attached hydrogens (primary N) is 1. The summed E-state index contributed by atoms with van der Waals surface area (Å²) < 4.78 is 5.05. The number of carbonyl (C=O) groups is 2. The van der Waals surface area contributed by atoms with Gasteiger partial charge < -0.3 is 15.6 Å². The predicted molar refractivity (Wildman–Crippen MR) is 50.5 cm³/mol. The van der Waals surface area contributed by atoms with Crippen LogP contribution in [0.5, 0.6) is 5.75 Å². The smallest absolute Gasteiger partial charge is 0.358 e. The van der Waals surface area contributed by atoms with Crippen LogP contribution < -0.4 is 10.5 Å². The van der Waals surface area contributed by atoms with Crippen LogP contribution in [0.1, 0.15) is 17.4 Å². The number of carbonyl (C=O) groups excluding carboxylic acids is 1. The second-order valence-electron chi connectivity index (χ2n) is 2.82. The molecule has 0 aliphatic rings. The number of amides is 1. The van der Waals surface area contributed by atoms with E-state index in [1.807, 2.05) is 0 Å². The molecule has 80 valence electrons. The van der Waals surface area contributed by atoms with Crippen LogP contribution >= 0.6 is 0 Å². The SMILES string of the molecule is CC(Oc1cccnc1C(=O)O)C(N)=O. The first kappa shape index (κ1) is 11.0. The van der Waals surface area contributed by atoms with Crippen LogP contribution in [-0.4, -0.2) is 28.1 Å². The Morgan fingerprint density at radius 1 is 1.60 bits per heavy atom. The lowest BCUT2D eigenvalue weighted by Gasteiger charge is -2.12. The molecular formula is C9H10N2O4. The minimum Gasteiger partial charge on any atom is -0.478 e. The van der Waals surface area contributed by atoms with Gasteiger partial charge in [-0.3, -0.25) is 4.79 Å². The Kier molecular flexibility index (Phi) is 3.22. The Bertz CT molecular complexity index is 391. The average Bonchev–Trinajstić information content (AvgIpc) is 2.18. The summed E-state index contributed by atoms with van der Waals surface area (Å²) in [6.07, 6.45) is 0.429. The molecule has 0 fully saturated rings. The fourth-order valence-electron chi connectivity index (χ4n) is 0.895. The Hall–Kier alpha value is -2.11. The van der Waals surface area contributed by atoms with Crippen molar-refractivity contribution in [2.24, 2.45) is 5.73 Å². The molecule has 1 amide bonds. The minimum atomic E-state index is -1.22. The molecule has 1 heterocycles. The summed E-state index contributed by atoms with van der Waals surface area (Å²) in [5.74, 6) is -1.87. The zero-order valence-corrected chi connectivity index (χ0v) is 8.01. The van der Waals surface area contributed by atoms with E-state index >= 15 is 0 Å². The molecule has 1 aromatic rings. The first-order valence-electron chi connectivity index (χ1n) is 4.16. The number of hydrogen-bond acceptors (Lipinski definition) is 4. The number of pyridine rings is 1. The van der Waals surface area contributed by atoms with E-state index in [0.717, 1.165) is 0 Å². The van der Waals surface area contributed by atoms with Crippen LogP contribution in [0.4, 0.5) is 0 Å². The molecule has 0 saturated carbocycles. The number of primary amides is 1. The first-order chi connectivity index (χ1) is 7.02. The number of aromatic carboxylic acids is 1. The molecule has 6 nitrogen and oxygen atoms in total. The van der Waals surface area contributed by atoms with Crippen LogP contribution in [-0.2, 0) is 4.79 Å². The van der Waals surface area contributed by atoms with Crippen molar-refractivity contribution in [3.8, 4) is 5.75 Å². The first-order valence-corrected chi connectivity index (χ1v) is 4.16. The number of carboxylic acid groups (broad SMARTS) is 1. The second-order valence-corrected chi connectivity index (χ2v) is 2.82. The maximum Gasteiger partial charge on any atom is 0.358 e. The van der Waals surface area contributed by atoms with Crippen LogP contribution in [0, 0.1) is 0 Å². The molecule has 3 N–H and O–H groups in total. The summed E-state index contributed by atoms with van der Waals surface area (Å²) >= 11 is 0. The summed E-state index contributed by atoms with van der Waals surface area (Å²) in [4.78, 5) is 25.0. The van der Waals surface area contributed by atoms with E-state index in [0.29, 0.717) is 0 Å². The van der Waals surface area contributed by atoms with Gasteiger partial charge in [-0.25, -0.2) is 9.78 Å². The summed E-state index contributed by atoms with van der Waals surface area (Å²) in [6.45, 7) is 1.43. The molecule has 1 atom stereocenters. The lowest BCUT2D eigenvalue weighted by atomic mass is 10.3. The van der Waals surface area contributed by atoms with Gasteiger partial charge in [0.05, 0.1) is 0 Å². The molecule has 1 aromatic heterocycles. The zero-order valence-electron chi connectivity index (χ0n) is 8.01. The van der Waals surface area contributed by atoms with E-state index in [4.69, 9.17) is 15.6 Å². The van der Waals surface area contributed by atoms with E-state index < -0.39 is 18.0 Å². The molecule has 0 bridgehead atoms. The fourth-order valence-corrected chi connectivity index (χ4v) is 0.895. The van der Waals surface area contributed by atoms with Gasteiger partial charge in [0.25, 0.3) is 5.91 Å². The van der Waals surface area contributed by atoms with Gasteiger partial charge in [-0.1, -0.05) is 0 Å². The van der Waals surface area contributed by atoms with E-state index in [1.54, 1.807) is 0 Å². The Labute approximate surface area is 85.7 Å². The largest absolute Gasteiger partial charge is 0.478 e. The highest BCUT2D eigenvalue weighted by atomic mass is 16.5. The van der Waals surface area contributed by atoms with E-state index in [-0.39, 0.29) is 11.4 Å². The maximum atomic E-state index is 10.7. The van der Waals surface area contributed by atoms with E-state index in [9.17, 15) is 9.59 Å². The molecule has 0 aliphatic carbocycles. The Balaban J connectivity index is 2.94. The number of nitrogens with zero attached hydrogens (tertiary/aromatic N) is 1. The van der Waals surface area contributed by atoms with Gasteiger partial charge in [-0.2, -0.15) is 0 Å². The molecule has 0 aromatic carbocycles. The third kappa shape index (κ3) is 2.67.